The van der Waals surface area contributed by atoms with E-state index < -0.39 is 8.17 Å². The zero-order valence-corrected chi connectivity index (χ0v) is 11.5. The van der Waals surface area contributed by atoms with E-state index in [1.165, 1.54) is 0 Å². The minimum absolute atomic E-state index is 0.176. The minimum Gasteiger partial charge on any atom is -0.260 e. The van der Waals surface area contributed by atoms with Gasteiger partial charge in [-0.3, -0.25) is 4.52 Å². The smallest absolute Gasteiger partial charge is 0.260 e. The molecule has 0 aromatic heterocycles. The van der Waals surface area contributed by atoms with E-state index in [0.717, 1.165) is 11.1 Å². The first kappa shape index (κ1) is 14.4. The molecule has 1 aromatic carbocycles. The number of para-hydroxylation sites is 1. The third-order valence-electron chi connectivity index (χ3n) is 2.53. The molecule has 0 fully saturated rings. The summed E-state index contributed by atoms with van der Waals surface area (Å²) in [5.74, 6) is 0.740. The summed E-state index contributed by atoms with van der Waals surface area (Å²) in [6.45, 7) is 7.94. The summed E-state index contributed by atoms with van der Waals surface area (Å²) in [4.78, 5) is 27.3. The van der Waals surface area contributed by atoms with Crippen LogP contribution in [0.2, 0.25) is 0 Å². The highest BCUT2D eigenvalue weighted by Gasteiger charge is 2.37. The molecular weight excluding hydrogens is 239 g/mol. The highest BCUT2D eigenvalue weighted by molar-refractivity contribution is 7.53. The summed E-state index contributed by atoms with van der Waals surface area (Å²) >= 11 is 0. The van der Waals surface area contributed by atoms with Gasteiger partial charge in [-0.25, -0.2) is 0 Å². The zero-order valence-electron chi connectivity index (χ0n) is 10.6. The Balaban J connectivity index is 3.29. The molecule has 3 N–H and O–H groups in total. The number of hydrogen-bond donors (Lipinski definition) is 3. The molecule has 5 heteroatoms. The average Bonchev–Trinajstić information content (AvgIpc) is 2.14. The van der Waals surface area contributed by atoms with Crippen LogP contribution in [0.25, 0.3) is 0 Å². The second kappa shape index (κ2) is 5.32. The second-order valence-electron chi connectivity index (χ2n) is 4.68. The fourth-order valence-electron chi connectivity index (χ4n) is 1.71. The van der Waals surface area contributed by atoms with Gasteiger partial charge in [0.05, 0.1) is 0 Å². The second-order valence-corrected chi connectivity index (χ2v) is 5.89. The van der Waals surface area contributed by atoms with Crippen molar-refractivity contribution < 1.29 is 19.2 Å². The van der Waals surface area contributed by atoms with E-state index in [2.05, 4.69) is 0 Å². The van der Waals surface area contributed by atoms with Crippen LogP contribution in [0.1, 0.15) is 50.7 Å². The van der Waals surface area contributed by atoms with E-state index in [1.807, 2.05) is 45.9 Å². The van der Waals surface area contributed by atoms with Gasteiger partial charge in [-0.15, -0.1) is 0 Å². The molecule has 1 rings (SSSR count). The van der Waals surface area contributed by atoms with Crippen molar-refractivity contribution in [2.24, 2.45) is 0 Å². The van der Waals surface area contributed by atoms with Gasteiger partial charge in [-0.2, -0.15) is 14.7 Å². The monoisotopic (exact) mass is 259 g/mol. The van der Waals surface area contributed by atoms with Gasteiger partial charge in [0, 0.05) is 11.1 Å². The van der Waals surface area contributed by atoms with Crippen molar-refractivity contribution in [3.05, 3.63) is 29.3 Å². The van der Waals surface area contributed by atoms with Gasteiger partial charge < -0.3 is 0 Å². The van der Waals surface area contributed by atoms with Crippen LogP contribution >= 0.6 is 8.17 Å². The van der Waals surface area contributed by atoms with Gasteiger partial charge in [0.25, 0.3) is 0 Å². The Labute approximate surface area is 103 Å². The van der Waals surface area contributed by atoms with Crippen LogP contribution in [-0.2, 0) is 0 Å². The lowest BCUT2D eigenvalue weighted by Crippen LogP contribution is -2.05. The normalized spacial score (nSPS) is 12.3. The van der Waals surface area contributed by atoms with E-state index >= 15 is 0 Å². The Hall–Kier alpha value is -0.670. The molecule has 0 aliphatic heterocycles. The predicted octanol–water partition coefficient (Wildman–Crippen LogP) is 2.97. The lowest BCUT2D eigenvalue weighted by Gasteiger charge is -2.17. The van der Waals surface area contributed by atoms with Gasteiger partial charge in [0.2, 0.25) is 0 Å². The van der Waals surface area contributed by atoms with Crippen molar-refractivity contribution >= 4 is 8.17 Å². The molecule has 0 spiro atoms. The van der Waals surface area contributed by atoms with Gasteiger partial charge in [-0.05, 0) is 11.8 Å². The van der Waals surface area contributed by atoms with Crippen LogP contribution < -0.4 is 4.52 Å². The van der Waals surface area contributed by atoms with Gasteiger partial charge in [-0.1, -0.05) is 45.9 Å². The van der Waals surface area contributed by atoms with Crippen molar-refractivity contribution in [3.8, 4) is 5.75 Å². The maximum atomic E-state index is 9.08. The van der Waals surface area contributed by atoms with Gasteiger partial charge in [0.1, 0.15) is 0 Å². The summed E-state index contributed by atoms with van der Waals surface area (Å²) in [6, 6.07) is 5.63. The summed E-state index contributed by atoms with van der Waals surface area (Å²) in [5, 5.41) is 0. The van der Waals surface area contributed by atoms with Crippen molar-refractivity contribution in [2.75, 3.05) is 0 Å². The Morgan fingerprint density at radius 3 is 1.65 bits per heavy atom. The van der Waals surface area contributed by atoms with Crippen LogP contribution in [-0.4, -0.2) is 14.7 Å². The number of benzene rings is 1. The largest absolute Gasteiger partial charge is 0.613 e. The molecule has 1 aromatic rings. The van der Waals surface area contributed by atoms with Crippen molar-refractivity contribution in [3.63, 3.8) is 0 Å². The average molecular weight is 259 g/mol. The lowest BCUT2D eigenvalue weighted by molar-refractivity contribution is 0.236. The van der Waals surface area contributed by atoms with E-state index in [9.17, 15) is 0 Å². The predicted molar refractivity (Wildman–Crippen MR) is 68.8 cm³/mol. The van der Waals surface area contributed by atoms with Crippen LogP contribution in [0.15, 0.2) is 18.2 Å². The minimum atomic E-state index is -4.27. The molecule has 0 heterocycles. The molecule has 0 radical (unpaired) electrons. The molecule has 0 amide bonds. The summed E-state index contributed by atoms with van der Waals surface area (Å²) in [6.07, 6.45) is 0. The first-order valence-electron chi connectivity index (χ1n) is 5.62. The molecule has 0 saturated heterocycles. The molecule has 96 valence electrons. The molecule has 4 nitrogen and oxygen atoms in total. The lowest BCUT2D eigenvalue weighted by atomic mass is 9.94. The maximum absolute atomic E-state index is 9.08. The Kier molecular flexibility index (Phi) is 4.50. The topological polar surface area (TPSA) is 69.9 Å². The number of hydrogen-bond acceptors (Lipinski definition) is 4. The van der Waals surface area contributed by atoms with Crippen LogP contribution in [0.4, 0.5) is 0 Å². The third kappa shape index (κ3) is 3.93. The van der Waals surface area contributed by atoms with Crippen LogP contribution in [0, 0.1) is 0 Å². The maximum Gasteiger partial charge on any atom is 0.613 e. The molecule has 0 bridgehead atoms. The molecule has 0 aliphatic carbocycles. The van der Waals surface area contributed by atoms with E-state index in [4.69, 9.17) is 19.2 Å². The van der Waals surface area contributed by atoms with Gasteiger partial charge >= 0.3 is 8.17 Å². The Morgan fingerprint density at radius 1 is 0.941 bits per heavy atom. The first-order chi connectivity index (χ1) is 7.72. The Bertz CT molecular complexity index is 356. The van der Waals surface area contributed by atoms with Crippen LogP contribution in [0.3, 0.4) is 0 Å². The first-order valence-corrected chi connectivity index (χ1v) is 7.18. The molecule has 0 saturated carbocycles. The van der Waals surface area contributed by atoms with E-state index in [0.29, 0.717) is 5.75 Å². The molecule has 0 atom stereocenters. The summed E-state index contributed by atoms with van der Waals surface area (Å²) in [5.41, 5.74) is 1.72. The highest BCUT2D eigenvalue weighted by Crippen LogP contribution is 2.50. The SMILES string of the molecule is CC(C)c1cccc(C(C)C)c1O[P+](O)(O)O. The Morgan fingerprint density at radius 2 is 1.35 bits per heavy atom. The van der Waals surface area contributed by atoms with Gasteiger partial charge in [0.15, 0.2) is 5.75 Å². The van der Waals surface area contributed by atoms with Crippen LogP contribution in [0.5, 0.6) is 5.75 Å². The summed E-state index contributed by atoms with van der Waals surface area (Å²) < 4.78 is 4.96. The molecular formula is C12H20O4P+. The highest BCUT2D eigenvalue weighted by atomic mass is 31.2. The molecule has 0 unspecified atom stereocenters. The fourth-order valence-corrected chi connectivity index (χ4v) is 2.17. The fraction of sp³-hybridized carbons (Fsp3) is 0.500. The van der Waals surface area contributed by atoms with E-state index in [-0.39, 0.29) is 11.8 Å². The quantitative estimate of drug-likeness (QED) is 0.727. The van der Waals surface area contributed by atoms with Crippen molar-refractivity contribution in [2.45, 2.75) is 39.5 Å². The summed E-state index contributed by atoms with van der Waals surface area (Å²) in [7, 11) is -4.27. The zero-order chi connectivity index (χ0) is 13.2. The molecule has 0 aliphatic rings. The number of rotatable bonds is 4. The standard InChI is InChI=1S/C12H20O4P/c1-8(2)10-6-5-7-11(9(3)4)12(10)16-17(13,14)15/h5-9,13-15H,1-4H3/q+1. The van der Waals surface area contributed by atoms with Crippen molar-refractivity contribution in [1.29, 1.82) is 0 Å². The molecule has 17 heavy (non-hydrogen) atoms. The third-order valence-corrected chi connectivity index (χ3v) is 2.96. The van der Waals surface area contributed by atoms with E-state index in [1.54, 1.807) is 0 Å². The van der Waals surface area contributed by atoms with Crippen molar-refractivity contribution in [1.82, 2.24) is 0 Å².